The average Bonchev–Trinajstić information content (AvgIpc) is 3.59. The van der Waals surface area contributed by atoms with Gasteiger partial charge in [0.1, 0.15) is 0 Å². The summed E-state index contributed by atoms with van der Waals surface area (Å²) in [5, 5.41) is 7.60. The standard InChI is InChI=1S/C50H33NS/c1-3-17-39-34(13-1)15-11-22-40(39)36-27-30-38(31-28-36)51(48-25-9-6-20-44(48)43-23-12-16-35-14-2-4-18-41(35)43)47-24-8-5-19-42(47)37-29-32-50-46(33-37)45-21-7-10-26-49(45)52-50/h1-33H. The summed E-state index contributed by atoms with van der Waals surface area (Å²) in [6, 6.07) is 73.0. The Labute approximate surface area is 307 Å². The molecule has 0 saturated heterocycles. The Balaban J connectivity index is 1.19. The summed E-state index contributed by atoms with van der Waals surface area (Å²) in [5.41, 5.74) is 10.6. The lowest BCUT2D eigenvalue weighted by Gasteiger charge is -2.30. The molecule has 10 rings (SSSR count). The van der Waals surface area contributed by atoms with Crippen molar-refractivity contribution in [2.24, 2.45) is 0 Å². The first-order chi connectivity index (χ1) is 25.8. The quantitative estimate of drug-likeness (QED) is 0.169. The van der Waals surface area contributed by atoms with E-state index >= 15 is 0 Å². The van der Waals surface area contributed by atoms with Crippen LogP contribution in [0.3, 0.4) is 0 Å². The number of hydrogen-bond donors (Lipinski definition) is 0. The molecule has 52 heavy (non-hydrogen) atoms. The van der Waals surface area contributed by atoms with E-state index in [0.717, 1.165) is 17.1 Å². The molecular formula is C50H33NS. The van der Waals surface area contributed by atoms with Crippen molar-refractivity contribution in [3.05, 3.63) is 200 Å². The van der Waals surface area contributed by atoms with Crippen molar-refractivity contribution in [1.29, 1.82) is 0 Å². The molecule has 0 radical (unpaired) electrons. The van der Waals surface area contributed by atoms with Crippen LogP contribution in [0.2, 0.25) is 0 Å². The van der Waals surface area contributed by atoms with E-state index in [9.17, 15) is 0 Å². The SMILES string of the molecule is c1ccc(N(c2ccc(-c3cccc4ccccc34)cc2)c2ccccc2-c2cccc3ccccc23)c(-c2ccc3sc4ccccc4c3c2)c1. The molecule has 0 N–H and O–H groups in total. The molecule has 0 bridgehead atoms. The lowest BCUT2D eigenvalue weighted by atomic mass is 9.94. The molecule has 0 atom stereocenters. The maximum atomic E-state index is 2.45. The number of benzene rings is 9. The fraction of sp³-hybridized carbons (Fsp3) is 0. The molecule has 244 valence electrons. The van der Waals surface area contributed by atoms with E-state index < -0.39 is 0 Å². The van der Waals surface area contributed by atoms with Crippen LogP contribution in [0.1, 0.15) is 0 Å². The number of hydrogen-bond acceptors (Lipinski definition) is 2. The second kappa shape index (κ2) is 12.7. The number of fused-ring (bicyclic) bond motifs is 5. The van der Waals surface area contributed by atoms with Crippen molar-refractivity contribution in [3.8, 4) is 33.4 Å². The topological polar surface area (TPSA) is 3.24 Å². The number of anilines is 3. The van der Waals surface area contributed by atoms with Crippen LogP contribution >= 0.6 is 11.3 Å². The number of nitrogens with zero attached hydrogens (tertiary/aromatic N) is 1. The highest BCUT2D eigenvalue weighted by molar-refractivity contribution is 7.25. The lowest BCUT2D eigenvalue weighted by molar-refractivity contribution is 1.28. The van der Waals surface area contributed by atoms with Crippen molar-refractivity contribution in [3.63, 3.8) is 0 Å². The Hall–Kier alpha value is -6.48. The van der Waals surface area contributed by atoms with Gasteiger partial charge in [-0.1, -0.05) is 158 Å². The zero-order chi connectivity index (χ0) is 34.4. The first kappa shape index (κ1) is 30.4. The first-order valence-electron chi connectivity index (χ1n) is 17.8. The smallest absolute Gasteiger partial charge is 0.0540 e. The summed E-state index contributed by atoms with van der Waals surface area (Å²) in [5.74, 6) is 0. The van der Waals surface area contributed by atoms with Gasteiger partial charge >= 0.3 is 0 Å². The largest absolute Gasteiger partial charge is 0.309 e. The molecule has 10 aromatic rings. The van der Waals surface area contributed by atoms with Gasteiger partial charge in [-0.05, 0) is 86.3 Å². The fourth-order valence-electron chi connectivity index (χ4n) is 7.84. The molecule has 1 heterocycles. The van der Waals surface area contributed by atoms with Gasteiger partial charge in [0.15, 0.2) is 0 Å². The van der Waals surface area contributed by atoms with Gasteiger partial charge in [-0.25, -0.2) is 0 Å². The van der Waals surface area contributed by atoms with Gasteiger partial charge in [-0.15, -0.1) is 11.3 Å². The van der Waals surface area contributed by atoms with Gasteiger partial charge in [-0.3, -0.25) is 0 Å². The second-order valence-corrected chi connectivity index (χ2v) is 14.4. The van der Waals surface area contributed by atoms with E-state index in [2.05, 4.69) is 205 Å². The van der Waals surface area contributed by atoms with Crippen LogP contribution < -0.4 is 4.90 Å². The molecule has 9 aromatic carbocycles. The molecule has 0 aliphatic carbocycles. The molecule has 0 amide bonds. The van der Waals surface area contributed by atoms with Crippen LogP contribution in [-0.4, -0.2) is 0 Å². The van der Waals surface area contributed by atoms with E-state index in [4.69, 9.17) is 0 Å². The minimum absolute atomic E-state index is 1.10. The number of rotatable bonds is 6. The second-order valence-electron chi connectivity index (χ2n) is 13.3. The summed E-state index contributed by atoms with van der Waals surface area (Å²) >= 11 is 1.86. The highest BCUT2D eigenvalue weighted by Crippen LogP contribution is 2.47. The summed E-state index contributed by atoms with van der Waals surface area (Å²) < 4.78 is 2.63. The van der Waals surface area contributed by atoms with Crippen LogP contribution in [0.25, 0.3) is 75.1 Å². The third kappa shape index (κ3) is 5.16. The predicted molar refractivity (Wildman–Crippen MR) is 225 cm³/mol. The monoisotopic (exact) mass is 679 g/mol. The number of para-hydroxylation sites is 2. The molecule has 1 nitrogen and oxygen atoms in total. The molecule has 0 fully saturated rings. The maximum Gasteiger partial charge on any atom is 0.0540 e. The summed E-state index contributed by atoms with van der Waals surface area (Å²) in [6.45, 7) is 0. The van der Waals surface area contributed by atoms with E-state index in [-0.39, 0.29) is 0 Å². The van der Waals surface area contributed by atoms with Crippen LogP contribution in [0.15, 0.2) is 200 Å². The Kier molecular flexibility index (Phi) is 7.41. The van der Waals surface area contributed by atoms with Gasteiger partial charge in [0.2, 0.25) is 0 Å². The van der Waals surface area contributed by atoms with Gasteiger partial charge in [0, 0.05) is 37.0 Å². The van der Waals surface area contributed by atoms with Crippen LogP contribution in [0, 0.1) is 0 Å². The minimum atomic E-state index is 1.10. The Morgan fingerprint density at radius 3 is 1.56 bits per heavy atom. The first-order valence-corrected chi connectivity index (χ1v) is 18.6. The van der Waals surface area contributed by atoms with E-state index in [1.807, 2.05) is 11.3 Å². The molecule has 1 aromatic heterocycles. The van der Waals surface area contributed by atoms with Crippen molar-refractivity contribution in [2.75, 3.05) is 4.90 Å². The lowest BCUT2D eigenvalue weighted by Crippen LogP contribution is -2.12. The van der Waals surface area contributed by atoms with Gasteiger partial charge < -0.3 is 4.90 Å². The third-order valence-corrected chi connectivity index (χ3v) is 11.4. The summed E-state index contributed by atoms with van der Waals surface area (Å²) in [4.78, 5) is 2.45. The van der Waals surface area contributed by atoms with Crippen LogP contribution in [0.5, 0.6) is 0 Å². The van der Waals surface area contributed by atoms with Crippen LogP contribution in [-0.2, 0) is 0 Å². The van der Waals surface area contributed by atoms with Crippen LogP contribution in [0.4, 0.5) is 17.1 Å². The Morgan fingerprint density at radius 2 is 0.808 bits per heavy atom. The maximum absolute atomic E-state index is 2.45. The average molecular weight is 680 g/mol. The van der Waals surface area contributed by atoms with Gasteiger partial charge in [0.25, 0.3) is 0 Å². The molecule has 0 aliphatic heterocycles. The predicted octanol–water partition coefficient (Wildman–Crippen LogP) is 14.8. The van der Waals surface area contributed by atoms with E-state index in [1.54, 1.807) is 0 Å². The van der Waals surface area contributed by atoms with Crippen molar-refractivity contribution in [2.45, 2.75) is 0 Å². The molecule has 0 unspecified atom stereocenters. The molecule has 0 spiro atoms. The summed E-state index contributed by atoms with van der Waals surface area (Å²) in [7, 11) is 0. The zero-order valence-electron chi connectivity index (χ0n) is 28.4. The van der Waals surface area contributed by atoms with Gasteiger partial charge in [-0.2, -0.15) is 0 Å². The number of thiophene rings is 1. The minimum Gasteiger partial charge on any atom is -0.309 e. The van der Waals surface area contributed by atoms with E-state index in [1.165, 1.54) is 75.1 Å². The highest BCUT2D eigenvalue weighted by atomic mass is 32.1. The highest BCUT2D eigenvalue weighted by Gasteiger charge is 2.21. The normalized spacial score (nSPS) is 11.5. The molecule has 0 aliphatic rings. The van der Waals surface area contributed by atoms with Crippen molar-refractivity contribution < 1.29 is 0 Å². The molecule has 0 saturated carbocycles. The van der Waals surface area contributed by atoms with E-state index in [0.29, 0.717) is 0 Å². The molecular weight excluding hydrogens is 647 g/mol. The van der Waals surface area contributed by atoms with Crippen molar-refractivity contribution in [1.82, 2.24) is 0 Å². The Morgan fingerprint density at radius 1 is 0.308 bits per heavy atom. The summed E-state index contributed by atoms with van der Waals surface area (Å²) in [6.07, 6.45) is 0. The molecule has 2 heteroatoms. The van der Waals surface area contributed by atoms with Crippen molar-refractivity contribution >= 4 is 70.1 Å². The third-order valence-electron chi connectivity index (χ3n) is 10.3. The van der Waals surface area contributed by atoms with Gasteiger partial charge in [0.05, 0.1) is 11.4 Å². The Bertz CT molecular complexity index is 2910. The zero-order valence-corrected chi connectivity index (χ0v) is 29.2. The fourth-order valence-corrected chi connectivity index (χ4v) is 8.92.